The fourth-order valence-electron chi connectivity index (χ4n) is 1.60. The Morgan fingerprint density at radius 2 is 2.36 bits per heavy atom. The van der Waals surface area contributed by atoms with Crippen LogP contribution in [0.5, 0.6) is 0 Å². The zero-order valence-corrected chi connectivity index (χ0v) is 8.88. The van der Waals surface area contributed by atoms with Gasteiger partial charge in [-0.05, 0) is 17.9 Å². The van der Waals surface area contributed by atoms with Crippen molar-refractivity contribution in [2.45, 2.75) is 6.92 Å². The lowest BCUT2D eigenvalue weighted by Crippen LogP contribution is -2.51. The molecule has 1 fully saturated rings. The molecule has 1 aromatic heterocycles. The summed E-state index contributed by atoms with van der Waals surface area (Å²) >= 11 is 1.56. The van der Waals surface area contributed by atoms with Gasteiger partial charge in [-0.2, -0.15) is 11.3 Å². The molecule has 4 heteroatoms. The maximum absolute atomic E-state index is 11.8. The number of carbonyl (C=O) groups excluding carboxylic acids is 1. The molecule has 1 aliphatic heterocycles. The van der Waals surface area contributed by atoms with Crippen molar-refractivity contribution in [1.82, 2.24) is 4.90 Å². The zero-order chi connectivity index (χ0) is 10.1. The second-order valence-electron chi connectivity index (χ2n) is 3.73. The van der Waals surface area contributed by atoms with E-state index in [-0.39, 0.29) is 18.4 Å². The summed E-state index contributed by atoms with van der Waals surface area (Å²) in [7, 11) is 0. The topological polar surface area (TPSA) is 40.5 Å². The van der Waals surface area contributed by atoms with Crippen LogP contribution in [0.15, 0.2) is 10.8 Å². The number of likely N-dealkylation sites (tertiary alicyclic amines) is 1. The predicted octanol–water partition coefficient (Wildman–Crippen LogP) is 1.12. The molecular formula is C10H13NO2S. The van der Waals surface area contributed by atoms with Gasteiger partial charge in [0, 0.05) is 31.0 Å². The summed E-state index contributed by atoms with van der Waals surface area (Å²) in [5.41, 5.74) is 1.86. The molecule has 1 aliphatic rings. The Balaban J connectivity index is 2.01. The van der Waals surface area contributed by atoms with Crippen molar-refractivity contribution in [2.75, 3.05) is 19.7 Å². The molecular weight excluding hydrogens is 198 g/mol. The van der Waals surface area contributed by atoms with Gasteiger partial charge in [0.05, 0.1) is 5.56 Å². The van der Waals surface area contributed by atoms with E-state index < -0.39 is 0 Å². The largest absolute Gasteiger partial charge is 0.396 e. The second-order valence-corrected chi connectivity index (χ2v) is 4.47. The Hall–Kier alpha value is -0.870. The molecule has 0 unspecified atom stereocenters. The summed E-state index contributed by atoms with van der Waals surface area (Å²) in [5, 5.41) is 12.7. The summed E-state index contributed by atoms with van der Waals surface area (Å²) in [5.74, 6) is 0.395. The molecule has 76 valence electrons. The Bertz CT molecular complexity index is 342. The maximum Gasteiger partial charge on any atom is 0.254 e. The van der Waals surface area contributed by atoms with Crippen molar-refractivity contribution in [3.8, 4) is 0 Å². The first-order valence-electron chi connectivity index (χ1n) is 4.65. The molecule has 2 heterocycles. The highest BCUT2D eigenvalue weighted by Crippen LogP contribution is 2.21. The van der Waals surface area contributed by atoms with Crippen LogP contribution in [-0.2, 0) is 0 Å². The minimum Gasteiger partial charge on any atom is -0.396 e. The number of aryl methyl sites for hydroxylation is 1. The Kier molecular flexibility index (Phi) is 2.56. The van der Waals surface area contributed by atoms with Crippen LogP contribution in [0.2, 0.25) is 0 Å². The summed E-state index contributed by atoms with van der Waals surface area (Å²) in [6.45, 7) is 3.54. The van der Waals surface area contributed by atoms with E-state index >= 15 is 0 Å². The van der Waals surface area contributed by atoms with Gasteiger partial charge in [-0.3, -0.25) is 4.79 Å². The van der Waals surface area contributed by atoms with Gasteiger partial charge >= 0.3 is 0 Å². The van der Waals surface area contributed by atoms with E-state index in [0.29, 0.717) is 13.1 Å². The van der Waals surface area contributed by atoms with Gasteiger partial charge in [-0.25, -0.2) is 0 Å². The molecule has 1 amide bonds. The molecule has 2 rings (SSSR count). The summed E-state index contributed by atoms with van der Waals surface area (Å²) < 4.78 is 0. The molecule has 0 aromatic carbocycles. The quantitative estimate of drug-likeness (QED) is 0.796. The number of amides is 1. The Morgan fingerprint density at radius 1 is 1.64 bits per heavy atom. The van der Waals surface area contributed by atoms with Gasteiger partial charge in [0.25, 0.3) is 5.91 Å². The van der Waals surface area contributed by atoms with E-state index in [9.17, 15) is 4.79 Å². The first-order valence-corrected chi connectivity index (χ1v) is 5.59. The second kappa shape index (κ2) is 3.71. The van der Waals surface area contributed by atoms with Gasteiger partial charge in [-0.1, -0.05) is 0 Å². The first kappa shape index (κ1) is 9.68. The number of thiophene rings is 1. The van der Waals surface area contributed by atoms with Crippen molar-refractivity contribution in [3.63, 3.8) is 0 Å². The molecule has 14 heavy (non-hydrogen) atoms. The van der Waals surface area contributed by atoms with Crippen molar-refractivity contribution in [2.24, 2.45) is 5.92 Å². The lowest BCUT2D eigenvalue weighted by atomic mass is 10.00. The van der Waals surface area contributed by atoms with Crippen LogP contribution in [-0.4, -0.2) is 35.6 Å². The standard InChI is InChI=1S/C10H13NO2S/c1-7-5-14-6-9(7)10(13)11-2-8(3-11)4-12/h5-6,8,12H,2-4H2,1H3. The smallest absolute Gasteiger partial charge is 0.254 e. The number of aliphatic hydroxyl groups is 1. The number of rotatable bonds is 2. The number of carbonyl (C=O) groups is 1. The van der Waals surface area contributed by atoms with Crippen LogP contribution in [0.3, 0.4) is 0 Å². The minimum absolute atomic E-state index is 0.105. The molecule has 0 spiro atoms. The van der Waals surface area contributed by atoms with Crippen LogP contribution in [0.4, 0.5) is 0 Å². The molecule has 0 aliphatic carbocycles. The summed E-state index contributed by atoms with van der Waals surface area (Å²) in [4.78, 5) is 13.6. The van der Waals surface area contributed by atoms with Gasteiger partial charge < -0.3 is 10.0 Å². The third-order valence-corrected chi connectivity index (χ3v) is 3.45. The fraction of sp³-hybridized carbons (Fsp3) is 0.500. The minimum atomic E-state index is 0.105. The fourth-order valence-corrected chi connectivity index (χ4v) is 2.42. The molecule has 0 radical (unpaired) electrons. The van der Waals surface area contributed by atoms with E-state index in [4.69, 9.17) is 5.11 Å². The van der Waals surface area contributed by atoms with E-state index in [1.54, 1.807) is 16.2 Å². The van der Waals surface area contributed by atoms with Crippen LogP contribution in [0.25, 0.3) is 0 Å². The average Bonchev–Trinajstić information content (AvgIpc) is 2.49. The third kappa shape index (κ3) is 1.55. The highest BCUT2D eigenvalue weighted by Gasteiger charge is 2.31. The number of hydrogen-bond acceptors (Lipinski definition) is 3. The predicted molar refractivity (Wildman–Crippen MR) is 55.5 cm³/mol. The van der Waals surface area contributed by atoms with E-state index in [1.165, 1.54) is 0 Å². The maximum atomic E-state index is 11.8. The molecule has 1 saturated heterocycles. The van der Waals surface area contributed by atoms with E-state index in [0.717, 1.165) is 11.1 Å². The van der Waals surface area contributed by atoms with Gasteiger partial charge in [0.1, 0.15) is 0 Å². The lowest BCUT2D eigenvalue weighted by Gasteiger charge is -2.38. The summed E-state index contributed by atoms with van der Waals surface area (Å²) in [6, 6.07) is 0. The number of hydrogen-bond donors (Lipinski definition) is 1. The van der Waals surface area contributed by atoms with E-state index in [2.05, 4.69) is 0 Å². The molecule has 1 aromatic rings. The lowest BCUT2D eigenvalue weighted by molar-refractivity contribution is 0.0362. The zero-order valence-electron chi connectivity index (χ0n) is 8.06. The van der Waals surface area contributed by atoms with Crippen LogP contribution in [0.1, 0.15) is 15.9 Å². The summed E-state index contributed by atoms with van der Waals surface area (Å²) in [6.07, 6.45) is 0. The monoisotopic (exact) mass is 211 g/mol. The average molecular weight is 211 g/mol. The number of nitrogens with zero attached hydrogens (tertiary/aromatic N) is 1. The normalized spacial score (nSPS) is 16.9. The molecule has 3 nitrogen and oxygen atoms in total. The van der Waals surface area contributed by atoms with Gasteiger partial charge in [0.15, 0.2) is 0 Å². The third-order valence-electron chi connectivity index (χ3n) is 2.59. The van der Waals surface area contributed by atoms with Crippen molar-refractivity contribution in [3.05, 3.63) is 21.9 Å². The van der Waals surface area contributed by atoms with Crippen LogP contribution < -0.4 is 0 Å². The van der Waals surface area contributed by atoms with Gasteiger partial charge in [-0.15, -0.1) is 0 Å². The van der Waals surface area contributed by atoms with Crippen molar-refractivity contribution >= 4 is 17.2 Å². The van der Waals surface area contributed by atoms with Crippen LogP contribution in [0, 0.1) is 12.8 Å². The highest BCUT2D eigenvalue weighted by atomic mass is 32.1. The van der Waals surface area contributed by atoms with Crippen molar-refractivity contribution < 1.29 is 9.90 Å². The van der Waals surface area contributed by atoms with Crippen LogP contribution >= 0.6 is 11.3 Å². The first-order chi connectivity index (χ1) is 6.72. The van der Waals surface area contributed by atoms with Gasteiger partial charge in [0.2, 0.25) is 0 Å². The molecule has 1 N–H and O–H groups in total. The molecule has 0 atom stereocenters. The molecule has 0 saturated carbocycles. The molecule has 0 bridgehead atoms. The Morgan fingerprint density at radius 3 is 2.86 bits per heavy atom. The van der Waals surface area contributed by atoms with E-state index in [1.807, 2.05) is 17.7 Å². The highest BCUT2D eigenvalue weighted by molar-refractivity contribution is 7.08. The van der Waals surface area contributed by atoms with Crippen molar-refractivity contribution in [1.29, 1.82) is 0 Å². The SMILES string of the molecule is Cc1cscc1C(=O)N1CC(CO)C1. The number of aliphatic hydroxyl groups excluding tert-OH is 1. The Labute approximate surface area is 87.0 Å².